The molecule has 0 amide bonds. The van der Waals surface area contributed by atoms with Crippen molar-refractivity contribution in [1.29, 1.82) is 0 Å². The first-order valence-electron chi connectivity index (χ1n) is 6.65. The van der Waals surface area contributed by atoms with Gasteiger partial charge in [-0.1, -0.05) is 24.3 Å². The predicted octanol–water partition coefficient (Wildman–Crippen LogP) is 4.14. The minimum absolute atomic E-state index is 0.0469. The molecule has 1 unspecified atom stereocenters. The number of alkyl halides is 1. The molecule has 0 fully saturated rings. The molecule has 2 rings (SSSR count). The Morgan fingerprint density at radius 3 is 2.57 bits per heavy atom. The smallest absolute Gasteiger partial charge is 0.147 e. The Morgan fingerprint density at radius 1 is 1.19 bits per heavy atom. The van der Waals surface area contributed by atoms with E-state index in [1.165, 1.54) is 19.1 Å². The average molecular weight is 307 g/mol. The summed E-state index contributed by atoms with van der Waals surface area (Å²) < 4.78 is 18.5. The molecular formula is C17H16ClFO2. The second-order valence-electron chi connectivity index (χ2n) is 4.84. The molecule has 2 nitrogen and oxygen atoms in total. The largest absolute Gasteiger partial charge is 0.489 e. The van der Waals surface area contributed by atoms with E-state index < -0.39 is 5.38 Å². The van der Waals surface area contributed by atoms with Crippen LogP contribution in [-0.4, -0.2) is 11.2 Å². The maximum absolute atomic E-state index is 12.8. The number of rotatable bonds is 6. The molecule has 110 valence electrons. The van der Waals surface area contributed by atoms with E-state index in [-0.39, 0.29) is 11.6 Å². The summed E-state index contributed by atoms with van der Waals surface area (Å²) in [7, 11) is 0. The van der Waals surface area contributed by atoms with E-state index in [0.29, 0.717) is 18.8 Å². The Balaban J connectivity index is 1.97. The van der Waals surface area contributed by atoms with Gasteiger partial charge in [0.15, 0.2) is 0 Å². The molecule has 0 saturated heterocycles. The Morgan fingerprint density at radius 2 is 1.90 bits per heavy atom. The number of hydrogen-bond donors (Lipinski definition) is 0. The van der Waals surface area contributed by atoms with E-state index in [1.54, 1.807) is 12.1 Å². The topological polar surface area (TPSA) is 26.3 Å². The van der Waals surface area contributed by atoms with Crippen LogP contribution in [0.5, 0.6) is 5.75 Å². The Labute approximate surface area is 128 Å². The lowest BCUT2D eigenvalue weighted by atomic mass is 10.1. The molecule has 0 aromatic heterocycles. The monoisotopic (exact) mass is 306 g/mol. The van der Waals surface area contributed by atoms with Gasteiger partial charge in [0.1, 0.15) is 24.0 Å². The molecule has 0 heterocycles. The standard InChI is InChI=1S/C17H16ClFO2/c1-12(20)17(18)10-14-3-2-4-16(9-14)21-11-13-5-7-15(19)8-6-13/h2-9,17H,10-11H2,1H3. The Hall–Kier alpha value is -1.87. The summed E-state index contributed by atoms with van der Waals surface area (Å²) in [6, 6.07) is 13.6. The number of ketones is 1. The molecule has 0 saturated carbocycles. The number of Topliss-reactive ketones (excluding diaryl/α,β-unsaturated/α-hetero) is 1. The number of carbonyl (C=O) groups excluding carboxylic acids is 1. The van der Waals surface area contributed by atoms with Crippen LogP contribution in [0.1, 0.15) is 18.1 Å². The third-order valence-corrected chi connectivity index (χ3v) is 3.53. The van der Waals surface area contributed by atoms with Gasteiger partial charge in [-0.15, -0.1) is 11.6 Å². The fourth-order valence-corrected chi connectivity index (χ4v) is 2.04. The molecule has 0 aliphatic heterocycles. The van der Waals surface area contributed by atoms with E-state index in [2.05, 4.69) is 0 Å². The summed E-state index contributed by atoms with van der Waals surface area (Å²) in [5.41, 5.74) is 1.84. The minimum atomic E-state index is -0.516. The SMILES string of the molecule is CC(=O)C(Cl)Cc1cccc(OCc2ccc(F)cc2)c1. The van der Waals surface area contributed by atoms with E-state index in [1.807, 2.05) is 24.3 Å². The van der Waals surface area contributed by atoms with Crippen molar-refractivity contribution in [1.82, 2.24) is 0 Å². The summed E-state index contributed by atoms with van der Waals surface area (Å²) in [4.78, 5) is 11.2. The third-order valence-electron chi connectivity index (χ3n) is 3.07. The normalized spacial score (nSPS) is 12.0. The number of carbonyl (C=O) groups is 1. The zero-order valence-corrected chi connectivity index (χ0v) is 12.4. The quantitative estimate of drug-likeness (QED) is 0.750. The van der Waals surface area contributed by atoms with Crippen LogP contribution in [0, 0.1) is 5.82 Å². The van der Waals surface area contributed by atoms with E-state index in [9.17, 15) is 9.18 Å². The molecule has 2 aromatic carbocycles. The highest BCUT2D eigenvalue weighted by Gasteiger charge is 2.11. The van der Waals surface area contributed by atoms with Crippen molar-refractivity contribution in [3.8, 4) is 5.75 Å². The zero-order valence-electron chi connectivity index (χ0n) is 11.7. The number of benzene rings is 2. The van der Waals surface area contributed by atoms with Crippen LogP contribution in [0.4, 0.5) is 4.39 Å². The molecular weight excluding hydrogens is 291 g/mol. The average Bonchev–Trinajstić information content (AvgIpc) is 2.47. The van der Waals surface area contributed by atoms with E-state index >= 15 is 0 Å². The Kier molecular flexibility index (Phi) is 5.34. The van der Waals surface area contributed by atoms with Crippen LogP contribution < -0.4 is 4.74 Å². The van der Waals surface area contributed by atoms with Gasteiger partial charge in [-0.3, -0.25) is 4.79 Å². The summed E-state index contributed by atoms with van der Waals surface area (Å²) in [5.74, 6) is 0.386. The van der Waals surface area contributed by atoms with Gasteiger partial charge in [0.05, 0.1) is 5.38 Å². The van der Waals surface area contributed by atoms with Crippen molar-refractivity contribution in [2.75, 3.05) is 0 Å². The van der Waals surface area contributed by atoms with Gasteiger partial charge in [-0.25, -0.2) is 4.39 Å². The second-order valence-corrected chi connectivity index (χ2v) is 5.37. The van der Waals surface area contributed by atoms with Crippen molar-refractivity contribution in [3.63, 3.8) is 0 Å². The van der Waals surface area contributed by atoms with Gasteiger partial charge in [-0.2, -0.15) is 0 Å². The molecule has 21 heavy (non-hydrogen) atoms. The lowest BCUT2D eigenvalue weighted by molar-refractivity contribution is -0.116. The van der Waals surface area contributed by atoms with Crippen molar-refractivity contribution in [2.45, 2.75) is 25.3 Å². The van der Waals surface area contributed by atoms with Gasteiger partial charge in [0.25, 0.3) is 0 Å². The first-order valence-corrected chi connectivity index (χ1v) is 7.09. The van der Waals surface area contributed by atoms with Crippen molar-refractivity contribution >= 4 is 17.4 Å². The van der Waals surface area contributed by atoms with Gasteiger partial charge >= 0.3 is 0 Å². The first-order chi connectivity index (χ1) is 10.0. The maximum Gasteiger partial charge on any atom is 0.147 e. The van der Waals surface area contributed by atoms with Gasteiger partial charge in [0.2, 0.25) is 0 Å². The highest BCUT2D eigenvalue weighted by molar-refractivity contribution is 6.30. The molecule has 0 spiro atoms. The summed E-state index contributed by atoms with van der Waals surface area (Å²) in [6.45, 7) is 1.84. The fourth-order valence-electron chi connectivity index (χ4n) is 1.86. The van der Waals surface area contributed by atoms with Crippen molar-refractivity contribution in [2.24, 2.45) is 0 Å². The lowest BCUT2D eigenvalue weighted by Gasteiger charge is -2.09. The zero-order chi connectivity index (χ0) is 15.2. The maximum atomic E-state index is 12.8. The summed E-state index contributed by atoms with van der Waals surface area (Å²) in [6.07, 6.45) is 0.477. The van der Waals surface area contributed by atoms with Crippen molar-refractivity contribution in [3.05, 3.63) is 65.5 Å². The van der Waals surface area contributed by atoms with Crippen LogP contribution >= 0.6 is 11.6 Å². The van der Waals surface area contributed by atoms with Crippen LogP contribution in [0.3, 0.4) is 0 Å². The summed E-state index contributed by atoms with van der Waals surface area (Å²) >= 11 is 5.96. The van der Waals surface area contributed by atoms with Crippen molar-refractivity contribution < 1.29 is 13.9 Å². The fraction of sp³-hybridized carbons (Fsp3) is 0.235. The van der Waals surface area contributed by atoms with Gasteiger partial charge in [-0.05, 0) is 48.7 Å². The number of hydrogen-bond acceptors (Lipinski definition) is 2. The van der Waals surface area contributed by atoms with Crippen LogP contribution in [0.2, 0.25) is 0 Å². The highest BCUT2D eigenvalue weighted by Crippen LogP contribution is 2.18. The first kappa shape index (κ1) is 15.5. The van der Waals surface area contributed by atoms with E-state index in [4.69, 9.17) is 16.3 Å². The van der Waals surface area contributed by atoms with Crippen LogP contribution in [-0.2, 0) is 17.8 Å². The molecule has 0 radical (unpaired) electrons. The van der Waals surface area contributed by atoms with Gasteiger partial charge in [0, 0.05) is 0 Å². The molecule has 0 aliphatic carbocycles. The Bertz CT molecular complexity index is 610. The lowest BCUT2D eigenvalue weighted by Crippen LogP contribution is -2.13. The summed E-state index contributed by atoms with van der Waals surface area (Å²) in [5, 5.41) is -0.516. The predicted molar refractivity (Wildman–Crippen MR) is 81.2 cm³/mol. The third kappa shape index (κ3) is 4.87. The molecule has 1 atom stereocenters. The molecule has 4 heteroatoms. The van der Waals surface area contributed by atoms with E-state index in [0.717, 1.165) is 11.1 Å². The second kappa shape index (κ2) is 7.23. The van der Waals surface area contributed by atoms with Gasteiger partial charge < -0.3 is 4.74 Å². The number of ether oxygens (including phenoxy) is 1. The highest BCUT2D eigenvalue weighted by atomic mass is 35.5. The molecule has 0 N–H and O–H groups in total. The minimum Gasteiger partial charge on any atom is -0.489 e. The number of halogens is 2. The van der Waals surface area contributed by atoms with Crippen LogP contribution in [0.25, 0.3) is 0 Å². The molecule has 0 bridgehead atoms. The molecule has 2 aromatic rings. The van der Waals surface area contributed by atoms with Crippen LogP contribution in [0.15, 0.2) is 48.5 Å². The molecule has 0 aliphatic rings.